The van der Waals surface area contributed by atoms with Gasteiger partial charge in [0.1, 0.15) is 0 Å². The molecule has 28 heavy (non-hydrogen) atoms. The van der Waals surface area contributed by atoms with Gasteiger partial charge in [0.05, 0.1) is 0 Å². The summed E-state index contributed by atoms with van der Waals surface area (Å²) in [5, 5.41) is 2.79. The number of carbonyl (C=O) groups excluding carboxylic acids is 2. The summed E-state index contributed by atoms with van der Waals surface area (Å²) in [5.74, 6) is 0.0537. The Balaban J connectivity index is 1.40. The van der Waals surface area contributed by atoms with E-state index in [0.717, 1.165) is 18.8 Å². The van der Waals surface area contributed by atoms with Crippen molar-refractivity contribution in [2.45, 2.75) is 13.8 Å². The lowest BCUT2D eigenvalue weighted by atomic mass is 10.1. The van der Waals surface area contributed by atoms with Crippen LogP contribution >= 0.6 is 0 Å². The Labute approximate surface area is 165 Å². The van der Waals surface area contributed by atoms with E-state index >= 15 is 0 Å². The van der Waals surface area contributed by atoms with Gasteiger partial charge < -0.3 is 15.1 Å². The summed E-state index contributed by atoms with van der Waals surface area (Å²) in [6.45, 7) is 8.70. The predicted octanol–water partition coefficient (Wildman–Crippen LogP) is 2.80. The van der Waals surface area contributed by atoms with Crippen LogP contribution in [0.2, 0.25) is 0 Å². The highest BCUT2D eigenvalue weighted by Gasteiger charge is 2.24. The number of carbonyl (C=O) groups is 2. The topological polar surface area (TPSA) is 55.9 Å². The van der Waals surface area contributed by atoms with E-state index in [9.17, 15) is 9.59 Å². The van der Waals surface area contributed by atoms with Gasteiger partial charge in [-0.2, -0.15) is 0 Å². The predicted molar refractivity (Wildman–Crippen MR) is 111 cm³/mol. The van der Waals surface area contributed by atoms with Gasteiger partial charge in [-0.15, -0.1) is 0 Å². The van der Waals surface area contributed by atoms with Crippen LogP contribution in [0.15, 0.2) is 42.5 Å². The van der Waals surface area contributed by atoms with Crippen molar-refractivity contribution in [1.29, 1.82) is 0 Å². The zero-order chi connectivity index (χ0) is 19.7. The van der Waals surface area contributed by atoms with Crippen molar-refractivity contribution in [1.82, 2.24) is 10.2 Å². The lowest BCUT2D eigenvalue weighted by Gasteiger charge is -2.37. The van der Waals surface area contributed by atoms with Gasteiger partial charge in [0.15, 0.2) is 0 Å². The highest BCUT2D eigenvalue weighted by Crippen LogP contribution is 2.24. The Kier molecular flexibility index (Phi) is 4.94. The minimum absolute atomic E-state index is 0.0537. The van der Waals surface area contributed by atoms with Crippen molar-refractivity contribution in [3.05, 3.63) is 59.2 Å². The Morgan fingerprint density at radius 3 is 2.29 bits per heavy atom. The summed E-state index contributed by atoms with van der Waals surface area (Å²) in [7, 11) is 0. The fourth-order valence-electron chi connectivity index (χ4n) is 3.91. The van der Waals surface area contributed by atoms with Gasteiger partial charge in [0, 0.05) is 56.2 Å². The molecular formula is C22H26N4O2. The molecule has 0 aromatic heterocycles. The number of nitrogens with one attached hydrogen (secondary N) is 1. The molecule has 0 spiro atoms. The summed E-state index contributed by atoms with van der Waals surface area (Å²) >= 11 is 0. The molecule has 0 atom stereocenters. The maximum atomic E-state index is 12.9. The first-order chi connectivity index (χ1) is 13.5. The highest BCUT2D eigenvalue weighted by molar-refractivity contribution is 5.97. The van der Waals surface area contributed by atoms with E-state index in [0.29, 0.717) is 31.7 Å². The number of urea groups is 1. The number of hydrogen-bond acceptors (Lipinski definition) is 3. The number of benzene rings is 2. The molecule has 2 aliphatic rings. The zero-order valence-electron chi connectivity index (χ0n) is 16.4. The largest absolute Gasteiger partial charge is 0.368 e. The highest BCUT2D eigenvalue weighted by atomic mass is 16.2. The Hall–Kier alpha value is -3.02. The first-order valence-electron chi connectivity index (χ1n) is 9.80. The molecule has 2 heterocycles. The normalized spacial score (nSPS) is 17.1. The van der Waals surface area contributed by atoms with Crippen LogP contribution in [0.25, 0.3) is 0 Å². The van der Waals surface area contributed by atoms with Crippen molar-refractivity contribution >= 4 is 23.3 Å². The molecule has 0 saturated carbocycles. The van der Waals surface area contributed by atoms with E-state index in [4.69, 9.17) is 0 Å². The van der Waals surface area contributed by atoms with Gasteiger partial charge >= 0.3 is 6.03 Å². The average molecular weight is 378 g/mol. The van der Waals surface area contributed by atoms with Crippen molar-refractivity contribution in [2.24, 2.45) is 0 Å². The summed E-state index contributed by atoms with van der Waals surface area (Å²) in [6.07, 6.45) is 0. The average Bonchev–Trinajstić information content (AvgIpc) is 3.16. The molecular weight excluding hydrogens is 352 g/mol. The molecule has 0 bridgehead atoms. The lowest BCUT2D eigenvalue weighted by Crippen LogP contribution is -2.49. The van der Waals surface area contributed by atoms with E-state index in [-0.39, 0.29) is 11.9 Å². The second kappa shape index (κ2) is 7.54. The van der Waals surface area contributed by atoms with Crippen LogP contribution in [0.4, 0.5) is 16.2 Å². The van der Waals surface area contributed by atoms with Gasteiger partial charge in [-0.05, 0) is 55.3 Å². The van der Waals surface area contributed by atoms with E-state index in [2.05, 4.69) is 42.3 Å². The number of amides is 3. The maximum absolute atomic E-state index is 12.9. The fourth-order valence-corrected chi connectivity index (χ4v) is 3.91. The maximum Gasteiger partial charge on any atom is 0.321 e. The van der Waals surface area contributed by atoms with Crippen LogP contribution in [0.5, 0.6) is 0 Å². The number of hydrogen-bond donors (Lipinski definition) is 1. The van der Waals surface area contributed by atoms with Gasteiger partial charge in [-0.1, -0.05) is 12.1 Å². The van der Waals surface area contributed by atoms with Gasteiger partial charge in [-0.3, -0.25) is 9.69 Å². The number of rotatable bonds is 3. The van der Waals surface area contributed by atoms with Crippen LogP contribution in [-0.4, -0.2) is 56.1 Å². The molecule has 2 aromatic carbocycles. The number of aryl methyl sites for hydroxylation is 1. The Bertz CT molecular complexity index is 886. The van der Waals surface area contributed by atoms with E-state index in [1.54, 1.807) is 4.90 Å². The van der Waals surface area contributed by atoms with Crippen LogP contribution in [0.3, 0.4) is 0 Å². The van der Waals surface area contributed by atoms with Crippen LogP contribution < -0.4 is 15.1 Å². The Morgan fingerprint density at radius 2 is 1.64 bits per heavy atom. The summed E-state index contributed by atoms with van der Waals surface area (Å²) in [4.78, 5) is 30.6. The first-order valence-corrected chi connectivity index (χ1v) is 9.80. The van der Waals surface area contributed by atoms with Crippen molar-refractivity contribution in [3.63, 3.8) is 0 Å². The first kappa shape index (κ1) is 18.3. The summed E-state index contributed by atoms with van der Waals surface area (Å²) < 4.78 is 0. The van der Waals surface area contributed by atoms with Gasteiger partial charge in [0.2, 0.25) is 0 Å². The number of nitrogens with zero attached hydrogens (tertiary/aromatic N) is 3. The molecule has 146 valence electrons. The molecule has 2 aromatic rings. The zero-order valence-corrected chi connectivity index (χ0v) is 16.4. The fraction of sp³-hybridized carbons (Fsp3) is 0.364. The molecule has 2 saturated heterocycles. The van der Waals surface area contributed by atoms with Crippen LogP contribution in [-0.2, 0) is 0 Å². The Morgan fingerprint density at radius 1 is 0.929 bits per heavy atom. The molecule has 4 rings (SSSR count). The molecule has 0 unspecified atom stereocenters. The molecule has 2 fully saturated rings. The summed E-state index contributed by atoms with van der Waals surface area (Å²) in [6, 6.07) is 13.6. The van der Waals surface area contributed by atoms with Crippen LogP contribution in [0.1, 0.15) is 21.5 Å². The molecule has 0 aliphatic carbocycles. The minimum atomic E-state index is -0.0818. The lowest BCUT2D eigenvalue weighted by molar-refractivity contribution is 0.0747. The van der Waals surface area contributed by atoms with E-state index < -0.39 is 0 Å². The molecule has 1 N–H and O–H groups in total. The van der Waals surface area contributed by atoms with Crippen molar-refractivity contribution < 1.29 is 9.59 Å². The molecule has 3 amide bonds. The smallest absolute Gasteiger partial charge is 0.321 e. The van der Waals surface area contributed by atoms with Crippen molar-refractivity contribution in [2.75, 3.05) is 49.1 Å². The quantitative estimate of drug-likeness (QED) is 0.894. The number of piperazine rings is 1. The molecule has 0 radical (unpaired) electrons. The third-order valence-corrected chi connectivity index (χ3v) is 5.77. The minimum Gasteiger partial charge on any atom is -0.368 e. The third-order valence-electron chi connectivity index (χ3n) is 5.77. The van der Waals surface area contributed by atoms with E-state index in [1.165, 1.54) is 16.8 Å². The molecule has 2 aliphatic heterocycles. The monoisotopic (exact) mass is 378 g/mol. The second-order valence-corrected chi connectivity index (χ2v) is 7.43. The standard InChI is InChI=1S/C22H26N4O2/c1-16-4-3-5-20(17(16)2)24-12-14-25(15-13-24)21(27)18-6-8-19(9-7-18)26-11-10-23-22(26)28/h3-9H,10-15H2,1-2H3,(H,23,28). The van der Waals surface area contributed by atoms with Gasteiger partial charge in [-0.25, -0.2) is 4.79 Å². The third kappa shape index (κ3) is 3.42. The SMILES string of the molecule is Cc1cccc(N2CCN(C(=O)c3ccc(N4CCNC4=O)cc3)CC2)c1C. The van der Waals surface area contributed by atoms with Gasteiger partial charge in [0.25, 0.3) is 5.91 Å². The van der Waals surface area contributed by atoms with Crippen molar-refractivity contribution in [3.8, 4) is 0 Å². The second-order valence-electron chi connectivity index (χ2n) is 7.43. The summed E-state index contributed by atoms with van der Waals surface area (Å²) in [5.41, 5.74) is 5.36. The van der Waals surface area contributed by atoms with E-state index in [1.807, 2.05) is 29.2 Å². The number of anilines is 2. The molecule has 6 nitrogen and oxygen atoms in total. The van der Waals surface area contributed by atoms with Crippen LogP contribution in [0, 0.1) is 13.8 Å². The molecule has 6 heteroatoms.